The van der Waals surface area contributed by atoms with Gasteiger partial charge in [0.2, 0.25) is 0 Å². The molecule has 2 N–H and O–H groups in total. The molecule has 0 radical (unpaired) electrons. The second-order valence-electron chi connectivity index (χ2n) is 2.77. The minimum absolute atomic E-state index is 0.134. The van der Waals surface area contributed by atoms with Crippen molar-refractivity contribution in [2.24, 2.45) is 5.73 Å². The number of hydrogen-bond acceptors (Lipinski definition) is 3. The molecule has 0 aliphatic carbocycles. The van der Waals surface area contributed by atoms with E-state index in [1.165, 1.54) is 6.08 Å². The molecule has 0 spiro atoms. The van der Waals surface area contributed by atoms with E-state index in [0.29, 0.717) is 11.1 Å². The van der Waals surface area contributed by atoms with E-state index < -0.39 is 5.91 Å². The molecule has 0 saturated heterocycles. The van der Waals surface area contributed by atoms with Crippen LogP contribution < -0.4 is 5.73 Å². The molecule has 1 aromatic rings. The van der Waals surface area contributed by atoms with Gasteiger partial charge in [-0.1, -0.05) is 12.1 Å². The third-order valence-electron chi connectivity index (χ3n) is 1.71. The lowest BCUT2D eigenvalue weighted by Crippen LogP contribution is -2.12. The Morgan fingerprint density at radius 3 is 2.67 bits per heavy atom. The van der Waals surface area contributed by atoms with Crippen LogP contribution in [0.4, 0.5) is 0 Å². The summed E-state index contributed by atoms with van der Waals surface area (Å²) in [4.78, 5) is 10.8. The molecule has 1 amide bonds. The first-order chi connectivity index (χ1) is 7.17. The Kier molecular flexibility index (Phi) is 3.21. The van der Waals surface area contributed by atoms with E-state index in [-0.39, 0.29) is 5.57 Å². The van der Waals surface area contributed by atoms with Gasteiger partial charge in [0.05, 0.1) is 11.6 Å². The van der Waals surface area contributed by atoms with Crippen molar-refractivity contribution in [1.82, 2.24) is 0 Å². The van der Waals surface area contributed by atoms with E-state index in [0.717, 1.165) is 0 Å². The van der Waals surface area contributed by atoms with E-state index in [1.54, 1.807) is 30.3 Å². The number of nitriles is 2. The molecular weight excluding hydrogens is 190 g/mol. The third-order valence-corrected chi connectivity index (χ3v) is 1.71. The van der Waals surface area contributed by atoms with E-state index in [9.17, 15) is 4.79 Å². The molecule has 0 aliphatic rings. The molecule has 4 nitrogen and oxygen atoms in total. The minimum atomic E-state index is -0.778. The zero-order valence-corrected chi connectivity index (χ0v) is 7.77. The van der Waals surface area contributed by atoms with Gasteiger partial charge in [-0.05, 0) is 23.8 Å². The van der Waals surface area contributed by atoms with Gasteiger partial charge in [-0.3, -0.25) is 4.79 Å². The molecule has 1 aromatic carbocycles. The fourth-order valence-electron chi connectivity index (χ4n) is 1.02. The maximum Gasteiger partial charge on any atom is 0.259 e. The number of benzene rings is 1. The monoisotopic (exact) mass is 197 g/mol. The Bertz CT molecular complexity index is 503. The smallest absolute Gasteiger partial charge is 0.259 e. The van der Waals surface area contributed by atoms with Gasteiger partial charge in [-0.25, -0.2) is 0 Å². The number of carbonyl (C=O) groups excluding carboxylic acids is 1. The first kappa shape index (κ1) is 10.5. The van der Waals surface area contributed by atoms with Crippen molar-refractivity contribution in [3.8, 4) is 12.1 Å². The largest absolute Gasteiger partial charge is 0.365 e. The highest BCUT2D eigenvalue weighted by atomic mass is 16.1. The van der Waals surface area contributed by atoms with Crippen molar-refractivity contribution in [3.05, 3.63) is 41.0 Å². The van der Waals surface area contributed by atoms with Gasteiger partial charge < -0.3 is 5.73 Å². The highest BCUT2D eigenvalue weighted by Crippen LogP contribution is 2.08. The maximum absolute atomic E-state index is 10.8. The normalized spacial score (nSPS) is 10.1. The molecule has 72 valence electrons. The first-order valence-corrected chi connectivity index (χ1v) is 4.09. The van der Waals surface area contributed by atoms with Crippen LogP contribution >= 0.6 is 0 Å². The number of nitrogens with zero attached hydrogens (tertiary/aromatic N) is 2. The second kappa shape index (κ2) is 4.59. The fraction of sp³-hybridized carbons (Fsp3) is 0. The molecule has 0 atom stereocenters. The first-order valence-electron chi connectivity index (χ1n) is 4.09. The van der Waals surface area contributed by atoms with Crippen LogP contribution in [0.1, 0.15) is 11.1 Å². The minimum Gasteiger partial charge on any atom is -0.365 e. The lowest BCUT2D eigenvalue weighted by Gasteiger charge is -1.95. The van der Waals surface area contributed by atoms with Crippen molar-refractivity contribution in [2.75, 3.05) is 0 Å². The number of carbonyl (C=O) groups is 1. The Balaban J connectivity index is 3.14. The lowest BCUT2D eigenvalue weighted by atomic mass is 10.1. The van der Waals surface area contributed by atoms with Gasteiger partial charge in [0.1, 0.15) is 11.6 Å². The van der Waals surface area contributed by atoms with Crippen LogP contribution in [0.5, 0.6) is 0 Å². The Labute approximate surface area is 86.9 Å². The van der Waals surface area contributed by atoms with Gasteiger partial charge in [-0.2, -0.15) is 10.5 Å². The fourth-order valence-corrected chi connectivity index (χ4v) is 1.02. The standard InChI is InChI=1S/C11H7N3O/c12-6-9-3-1-2-8(4-9)5-10(7-13)11(14)15/h1-5H,(H2,14,15)/b10-5+. The number of primary amides is 1. The molecule has 0 heterocycles. The predicted molar refractivity (Wildman–Crippen MR) is 53.9 cm³/mol. The molecule has 4 heteroatoms. The maximum atomic E-state index is 10.8. The van der Waals surface area contributed by atoms with Gasteiger partial charge >= 0.3 is 0 Å². The summed E-state index contributed by atoms with van der Waals surface area (Å²) in [5.41, 5.74) is 5.90. The molecule has 0 bridgehead atoms. The van der Waals surface area contributed by atoms with Crippen LogP contribution in [0.15, 0.2) is 29.8 Å². The lowest BCUT2D eigenvalue weighted by molar-refractivity contribution is -0.114. The van der Waals surface area contributed by atoms with Crippen LogP contribution in [0.25, 0.3) is 6.08 Å². The Hall–Kier alpha value is -2.59. The second-order valence-corrected chi connectivity index (χ2v) is 2.77. The summed E-state index contributed by atoms with van der Waals surface area (Å²) in [7, 11) is 0. The Morgan fingerprint density at radius 1 is 1.40 bits per heavy atom. The van der Waals surface area contributed by atoms with Crippen LogP contribution in [0.3, 0.4) is 0 Å². The highest BCUT2D eigenvalue weighted by molar-refractivity contribution is 6.00. The van der Waals surface area contributed by atoms with Gasteiger partial charge in [0.25, 0.3) is 5.91 Å². The van der Waals surface area contributed by atoms with E-state index in [1.807, 2.05) is 6.07 Å². The Morgan fingerprint density at radius 2 is 2.13 bits per heavy atom. The predicted octanol–water partition coefficient (Wildman–Crippen LogP) is 0.951. The van der Waals surface area contributed by atoms with Crippen molar-refractivity contribution in [2.45, 2.75) is 0 Å². The molecule has 0 saturated carbocycles. The molecule has 1 rings (SSSR count). The summed E-state index contributed by atoms with van der Waals surface area (Å²) in [5.74, 6) is -0.778. The summed E-state index contributed by atoms with van der Waals surface area (Å²) < 4.78 is 0. The van der Waals surface area contributed by atoms with Crippen LogP contribution in [-0.2, 0) is 4.79 Å². The van der Waals surface area contributed by atoms with Crippen LogP contribution in [0, 0.1) is 22.7 Å². The van der Waals surface area contributed by atoms with Crippen molar-refractivity contribution in [3.63, 3.8) is 0 Å². The van der Waals surface area contributed by atoms with Gasteiger partial charge in [-0.15, -0.1) is 0 Å². The average Bonchev–Trinajstić information content (AvgIpc) is 2.25. The van der Waals surface area contributed by atoms with Crippen molar-refractivity contribution in [1.29, 1.82) is 10.5 Å². The van der Waals surface area contributed by atoms with Crippen molar-refractivity contribution < 1.29 is 4.79 Å². The molecule has 0 unspecified atom stereocenters. The van der Waals surface area contributed by atoms with E-state index >= 15 is 0 Å². The number of amides is 1. The van der Waals surface area contributed by atoms with Gasteiger partial charge in [0.15, 0.2) is 0 Å². The van der Waals surface area contributed by atoms with Crippen LogP contribution in [0.2, 0.25) is 0 Å². The topological polar surface area (TPSA) is 90.7 Å². The van der Waals surface area contributed by atoms with Crippen LogP contribution in [-0.4, -0.2) is 5.91 Å². The number of hydrogen-bond donors (Lipinski definition) is 1. The zero-order chi connectivity index (χ0) is 11.3. The highest BCUT2D eigenvalue weighted by Gasteiger charge is 2.03. The molecular formula is C11H7N3O. The number of nitrogens with two attached hydrogens (primary N) is 1. The van der Waals surface area contributed by atoms with Crippen molar-refractivity contribution >= 4 is 12.0 Å². The summed E-state index contributed by atoms with van der Waals surface area (Å²) in [6.45, 7) is 0. The molecule has 0 aromatic heterocycles. The average molecular weight is 197 g/mol. The molecule has 0 aliphatic heterocycles. The van der Waals surface area contributed by atoms with Gasteiger partial charge in [0, 0.05) is 0 Å². The van der Waals surface area contributed by atoms with E-state index in [2.05, 4.69) is 0 Å². The molecule has 15 heavy (non-hydrogen) atoms. The zero-order valence-electron chi connectivity index (χ0n) is 7.77. The summed E-state index contributed by atoms with van der Waals surface area (Å²) in [5, 5.41) is 17.2. The van der Waals surface area contributed by atoms with E-state index in [4.69, 9.17) is 16.3 Å². The SMILES string of the molecule is N#C/C(=C\c1cccc(C#N)c1)C(N)=O. The molecule has 0 fully saturated rings. The summed E-state index contributed by atoms with van der Waals surface area (Å²) in [6.07, 6.45) is 1.35. The number of rotatable bonds is 2. The summed E-state index contributed by atoms with van der Waals surface area (Å²) in [6, 6.07) is 10.2. The quantitative estimate of drug-likeness (QED) is 0.565. The summed E-state index contributed by atoms with van der Waals surface area (Å²) >= 11 is 0. The third kappa shape index (κ3) is 2.68.